The number of hydrogen-bond donors (Lipinski definition) is 3. The highest BCUT2D eigenvalue weighted by Crippen LogP contribution is 2.16. The molecule has 2 rings (SSSR count). The van der Waals surface area contributed by atoms with Crippen LogP contribution in [0.1, 0.15) is 53.9 Å². The summed E-state index contributed by atoms with van der Waals surface area (Å²) >= 11 is 0. The highest BCUT2D eigenvalue weighted by Gasteiger charge is 2.10. The summed E-state index contributed by atoms with van der Waals surface area (Å²) in [5, 5.41) is 9.30. The van der Waals surface area contributed by atoms with Gasteiger partial charge in [-0.3, -0.25) is 4.79 Å². The summed E-state index contributed by atoms with van der Waals surface area (Å²) in [5.74, 6) is 0.336. The maximum absolute atomic E-state index is 13.8. The van der Waals surface area contributed by atoms with Gasteiger partial charge < -0.3 is 16.0 Å². The minimum atomic E-state index is -0.213. The first-order valence-electron chi connectivity index (χ1n) is 9.62. The van der Waals surface area contributed by atoms with E-state index < -0.39 is 0 Å². The van der Waals surface area contributed by atoms with Crippen LogP contribution in [0.3, 0.4) is 0 Å². The van der Waals surface area contributed by atoms with E-state index in [9.17, 15) is 9.18 Å². The maximum Gasteiger partial charge on any atom is 0.251 e. The molecule has 0 saturated heterocycles. The predicted octanol–water partition coefficient (Wildman–Crippen LogP) is 3.70. The predicted molar refractivity (Wildman–Crippen MR) is 112 cm³/mol. The van der Waals surface area contributed by atoms with Crippen LogP contribution in [0, 0.1) is 12.7 Å². The summed E-state index contributed by atoms with van der Waals surface area (Å²) in [4.78, 5) is 16.6. The lowest BCUT2D eigenvalue weighted by molar-refractivity contribution is 0.0955. The number of halogens is 1. The van der Waals surface area contributed by atoms with Crippen molar-refractivity contribution in [3.63, 3.8) is 0 Å². The van der Waals surface area contributed by atoms with Crippen molar-refractivity contribution in [3.05, 3.63) is 70.5 Å². The van der Waals surface area contributed by atoms with E-state index in [2.05, 4.69) is 20.9 Å². The van der Waals surface area contributed by atoms with Gasteiger partial charge in [0.15, 0.2) is 5.96 Å². The zero-order valence-electron chi connectivity index (χ0n) is 17.0. The van der Waals surface area contributed by atoms with E-state index in [0.717, 1.165) is 11.1 Å². The largest absolute Gasteiger partial charge is 0.357 e. The minimum Gasteiger partial charge on any atom is -0.357 e. The molecule has 28 heavy (non-hydrogen) atoms. The first kappa shape index (κ1) is 21.4. The quantitative estimate of drug-likeness (QED) is 0.504. The van der Waals surface area contributed by atoms with E-state index in [0.29, 0.717) is 36.7 Å². The van der Waals surface area contributed by atoms with Gasteiger partial charge in [0.1, 0.15) is 5.82 Å². The number of aryl methyl sites for hydroxylation is 1. The summed E-state index contributed by atoms with van der Waals surface area (Å²) < 4.78 is 13.8. The second-order valence-corrected chi connectivity index (χ2v) is 6.63. The van der Waals surface area contributed by atoms with E-state index in [1.165, 1.54) is 0 Å². The molecule has 3 N–H and O–H groups in total. The average molecular weight is 384 g/mol. The molecule has 1 unspecified atom stereocenters. The van der Waals surface area contributed by atoms with Crippen LogP contribution in [0.2, 0.25) is 0 Å². The Balaban J connectivity index is 2.10. The molecule has 2 aromatic carbocycles. The second kappa shape index (κ2) is 10.4. The van der Waals surface area contributed by atoms with E-state index in [-0.39, 0.29) is 17.8 Å². The van der Waals surface area contributed by atoms with Crippen molar-refractivity contribution in [1.82, 2.24) is 16.0 Å². The molecule has 150 valence electrons. The van der Waals surface area contributed by atoms with Gasteiger partial charge in [-0.05, 0) is 62.6 Å². The Kier molecular flexibility index (Phi) is 7.99. The molecule has 0 aromatic heterocycles. The summed E-state index contributed by atoms with van der Waals surface area (Å²) in [5.41, 5.74) is 3.04. The lowest BCUT2D eigenvalue weighted by Crippen LogP contribution is -2.38. The molecule has 0 aliphatic carbocycles. The molecule has 0 radical (unpaired) electrons. The van der Waals surface area contributed by atoms with Crippen LogP contribution < -0.4 is 16.0 Å². The first-order chi connectivity index (χ1) is 13.4. The van der Waals surface area contributed by atoms with Crippen molar-refractivity contribution in [2.24, 2.45) is 4.99 Å². The fourth-order valence-corrected chi connectivity index (χ4v) is 2.73. The van der Waals surface area contributed by atoms with Crippen molar-refractivity contribution in [3.8, 4) is 0 Å². The molecule has 0 spiro atoms. The number of carbonyl (C=O) groups is 1. The van der Waals surface area contributed by atoms with Crippen molar-refractivity contribution >= 4 is 11.9 Å². The molecule has 0 heterocycles. The van der Waals surface area contributed by atoms with Crippen molar-refractivity contribution in [2.75, 3.05) is 13.1 Å². The normalized spacial score (nSPS) is 12.4. The van der Waals surface area contributed by atoms with Crippen LogP contribution in [0.25, 0.3) is 0 Å². The van der Waals surface area contributed by atoms with Crippen LogP contribution in [0.4, 0.5) is 4.39 Å². The number of aliphatic imine (C=N–C) groups is 1. The third-order valence-corrected chi connectivity index (χ3v) is 4.34. The number of guanidine groups is 1. The lowest BCUT2D eigenvalue weighted by Gasteiger charge is -2.18. The molecular formula is C22H29FN4O. The Morgan fingerprint density at radius 1 is 1.11 bits per heavy atom. The highest BCUT2D eigenvalue weighted by molar-refractivity contribution is 5.94. The van der Waals surface area contributed by atoms with Crippen LogP contribution in [0.5, 0.6) is 0 Å². The third kappa shape index (κ3) is 6.08. The third-order valence-electron chi connectivity index (χ3n) is 4.34. The first-order valence-corrected chi connectivity index (χ1v) is 9.62. The van der Waals surface area contributed by atoms with E-state index >= 15 is 0 Å². The molecule has 0 aliphatic rings. The Labute approximate surface area is 166 Å². The number of rotatable bonds is 7. The molecule has 2 aromatic rings. The molecule has 1 amide bonds. The van der Waals surface area contributed by atoms with Crippen molar-refractivity contribution in [1.29, 1.82) is 0 Å². The van der Waals surface area contributed by atoms with Crippen LogP contribution in [-0.2, 0) is 6.54 Å². The van der Waals surface area contributed by atoms with Gasteiger partial charge in [-0.15, -0.1) is 0 Å². The number of amides is 1. The number of nitrogens with one attached hydrogen (secondary N) is 3. The van der Waals surface area contributed by atoms with E-state index in [1.54, 1.807) is 25.1 Å². The van der Waals surface area contributed by atoms with Crippen molar-refractivity contribution in [2.45, 2.75) is 40.3 Å². The summed E-state index contributed by atoms with van der Waals surface area (Å²) in [7, 11) is 0. The second-order valence-electron chi connectivity index (χ2n) is 6.63. The Hall–Kier alpha value is -2.89. The van der Waals surface area contributed by atoms with Crippen LogP contribution in [0.15, 0.2) is 47.5 Å². The molecule has 6 heteroatoms. The molecule has 0 fully saturated rings. The minimum absolute atomic E-state index is 0.0895. The van der Waals surface area contributed by atoms with E-state index in [4.69, 9.17) is 0 Å². The van der Waals surface area contributed by atoms with Gasteiger partial charge in [-0.25, -0.2) is 9.38 Å². The van der Waals surface area contributed by atoms with Gasteiger partial charge >= 0.3 is 0 Å². The molecule has 0 bridgehead atoms. The van der Waals surface area contributed by atoms with Crippen LogP contribution >= 0.6 is 0 Å². The summed E-state index contributed by atoms with van der Waals surface area (Å²) in [6.45, 7) is 9.32. The van der Waals surface area contributed by atoms with Crippen LogP contribution in [-0.4, -0.2) is 25.0 Å². The zero-order valence-corrected chi connectivity index (χ0v) is 17.0. The van der Waals surface area contributed by atoms with Gasteiger partial charge in [0, 0.05) is 18.7 Å². The highest BCUT2D eigenvalue weighted by atomic mass is 19.1. The zero-order chi connectivity index (χ0) is 20.5. The Bertz CT molecular complexity index is 835. The fraction of sp³-hybridized carbons (Fsp3) is 0.364. The van der Waals surface area contributed by atoms with E-state index in [1.807, 2.05) is 45.0 Å². The summed E-state index contributed by atoms with van der Waals surface area (Å²) in [6, 6.07) is 12.6. The Morgan fingerprint density at radius 3 is 2.54 bits per heavy atom. The maximum atomic E-state index is 13.8. The van der Waals surface area contributed by atoms with Gasteiger partial charge in [0.25, 0.3) is 5.91 Å². The number of carbonyl (C=O) groups excluding carboxylic acids is 1. The Morgan fingerprint density at radius 2 is 1.86 bits per heavy atom. The average Bonchev–Trinajstić information content (AvgIpc) is 2.68. The van der Waals surface area contributed by atoms with Crippen molar-refractivity contribution < 1.29 is 9.18 Å². The molecule has 0 saturated carbocycles. The fourth-order valence-electron chi connectivity index (χ4n) is 2.73. The van der Waals surface area contributed by atoms with Gasteiger partial charge in [-0.1, -0.05) is 24.3 Å². The summed E-state index contributed by atoms with van der Waals surface area (Å²) in [6.07, 6.45) is 0. The SMILES string of the molecule is CCNC(=O)c1cccc(CN=C(NCC)NC(C)c2ccc(C)c(F)c2)c1. The number of hydrogen-bond acceptors (Lipinski definition) is 2. The van der Waals surface area contributed by atoms with Gasteiger partial charge in [0.2, 0.25) is 0 Å². The molecule has 0 aliphatic heterocycles. The molecule has 1 atom stereocenters. The molecular weight excluding hydrogens is 355 g/mol. The molecule has 5 nitrogen and oxygen atoms in total. The van der Waals surface area contributed by atoms with Gasteiger partial charge in [0.05, 0.1) is 12.6 Å². The smallest absolute Gasteiger partial charge is 0.251 e. The topological polar surface area (TPSA) is 65.5 Å². The van der Waals surface area contributed by atoms with Gasteiger partial charge in [-0.2, -0.15) is 0 Å². The number of benzene rings is 2. The lowest BCUT2D eigenvalue weighted by atomic mass is 10.1. The standard InChI is InChI=1S/C22H29FN4O/c1-5-24-21(28)19-9-7-8-17(12-19)14-26-22(25-6-2)27-16(4)18-11-10-15(3)20(23)13-18/h7-13,16H,5-6,14H2,1-4H3,(H,24,28)(H2,25,26,27). The number of nitrogens with zero attached hydrogens (tertiary/aromatic N) is 1. The monoisotopic (exact) mass is 384 g/mol.